The van der Waals surface area contributed by atoms with E-state index in [2.05, 4.69) is 26.0 Å². The van der Waals surface area contributed by atoms with Crippen LogP contribution in [0.5, 0.6) is 0 Å². The first-order valence-electron chi connectivity index (χ1n) is 19.4. The number of hydrogen-bond acceptors (Lipinski definition) is 5. The third kappa shape index (κ3) is 28.1. The SMILES string of the molecule is CCCCCCCCC=CCCCCCCCC(=O)PC(O)(CO)C(O)C(=O)CCCCCCCCCCCCCCCCC. The Morgan fingerprint density at radius 1 is 0.556 bits per heavy atom. The largest absolute Gasteiger partial charge is 0.393 e. The minimum atomic E-state index is -2.05. The van der Waals surface area contributed by atoms with E-state index in [-0.39, 0.29) is 11.9 Å². The number of aliphatic hydroxyl groups excluding tert-OH is 2. The van der Waals surface area contributed by atoms with E-state index in [1.165, 1.54) is 128 Å². The molecule has 266 valence electrons. The van der Waals surface area contributed by atoms with Crippen LogP contribution in [0.1, 0.15) is 206 Å². The molecule has 45 heavy (non-hydrogen) atoms. The van der Waals surface area contributed by atoms with Crippen molar-refractivity contribution in [1.29, 1.82) is 0 Å². The molecule has 0 saturated heterocycles. The second-order valence-corrected chi connectivity index (χ2v) is 15.2. The monoisotopic (exact) mass is 655 g/mol. The summed E-state index contributed by atoms with van der Waals surface area (Å²) in [6, 6.07) is 0. The summed E-state index contributed by atoms with van der Waals surface area (Å²) in [7, 11) is -0.675. The fourth-order valence-electron chi connectivity index (χ4n) is 5.93. The molecule has 0 bridgehead atoms. The van der Waals surface area contributed by atoms with Gasteiger partial charge in [-0.25, -0.2) is 0 Å². The maximum absolute atomic E-state index is 12.5. The molecule has 0 fully saturated rings. The molecule has 0 radical (unpaired) electrons. The van der Waals surface area contributed by atoms with Crippen LogP contribution in [0.3, 0.4) is 0 Å². The highest BCUT2D eigenvalue weighted by Gasteiger charge is 2.41. The van der Waals surface area contributed by atoms with Gasteiger partial charge in [-0.1, -0.05) is 167 Å². The molecule has 0 aromatic rings. The number of aliphatic hydroxyl groups is 3. The lowest BCUT2D eigenvalue weighted by Gasteiger charge is -2.29. The molecule has 0 aromatic heterocycles. The molecule has 3 atom stereocenters. The lowest BCUT2D eigenvalue weighted by molar-refractivity contribution is -0.138. The van der Waals surface area contributed by atoms with Crippen LogP contribution >= 0.6 is 8.58 Å². The third-order valence-corrected chi connectivity index (χ3v) is 10.4. The zero-order chi connectivity index (χ0) is 33.3. The lowest BCUT2D eigenvalue weighted by atomic mass is 10.0. The van der Waals surface area contributed by atoms with E-state index in [0.29, 0.717) is 12.8 Å². The van der Waals surface area contributed by atoms with Crippen LogP contribution in [0.2, 0.25) is 0 Å². The Morgan fingerprint density at radius 3 is 1.27 bits per heavy atom. The van der Waals surface area contributed by atoms with E-state index in [0.717, 1.165) is 44.9 Å². The van der Waals surface area contributed by atoms with E-state index in [1.807, 2.05) is 0 Å². The molecule has 0 aromatic carbocycles. The molecular formula is C39H75O5P. The number of hydrogen-bond donors (Lipinski definition) is 3. The first-order valence-corrected chi connectivity index (χ1v) is 20.4. The maximum atomic E-state index is 12.5. The standard InChI is InChI=1S/C39H75O5P/c1-3-5-7-9-11-13-15-17-19-21-23-25-27-29-31-33-36(41)38(43)39(44,35-40)45-37(42)34-32-30-28-26-24-22-20-18-16-14-12-10-8-6-4-2/h18,20,38,40,43-45H,3-17,19,21-35H2,1-2H3. The topological polar surface area (TPSA) is 94.8 Å². The van der Waals surface area contributed by atoms with Crippen molar-refractivity contribution in [3.63, 3.8) is 0 Å². The summed E-state index contributed by atoms with van der Waals surface area (Å²) in [5.74, 6) is -0.470. The number of carbonyl (C=O) groups excluding carboxylic acids is 2. The Balaban J connectivity index is 3.82. The number of carbonyl (C=O) groups is 2. The number of allylic oxidation sites excluding steroid dienone is 2. The van der Waals surface area contributed by atoms with Crippen LogP contribution in [0, 0.1) is 0 Å². The van der Waals surface area contributed by atoms with E-state index >= 15 is 0 Å². The molecule has 6 heteroatoms. The first-order chi connectivity index (χ1) is 21.9. The summed E-state index contributed by atoms with van der Waals surface area (Å²) < 4.78 is 0. The molecule has 0 aliphatic rings. The Morgan fingerprint density at radius 2 is 0.889 bits per heavy atom. The van der Waals surface area contributed by atoms with Gasteiger partial charge in [0.2, 0.25) is 0 Å². The van der Waals surface area contributed by atoms with Crippen LogP contribution in [0.4, 0.5) is 0 Å². The molecule has 0 amide bonds. The molecule has 0 heterocycles. The molecule has 0 aliphatic carbocycles. The van der Waals surface area contributed by atoms with Gasteiger partial charge in [0.1, 0.15) is 11.4 Å². The molecule has 3 N–H and O–H groups in total. The zero-order valence-corrected chi connectivity index (χ0v) is 30.8. The van der Waals surface area contributed by atoms with Crippen LogP contribution < -0.4 is 0 Å². The van der Waals surface area contributed by atoms with Crippen molar-refractivity contribution < 1.29 is 24.9 Å². The Bertz CT molecular complexity index is 697. The molecule has 0 spiro atoms. The van der Waals surface area contributed by atoms with Gasteiger partial charge in [0.05, 0.1) is 6.61 Å². The Kier molecular flexibility index (Phi) is 32.8. The summed E-state index contributed by atoms with van der Waals surface area (Å²) in [6.45, 7) is 3.73. The van der Waals surface area contributed by atoms with Crippen molar-refractivity contribution >= 4 is 19.9 Å². The van der Waals surface area contributed by atoms with Crippen LogP contribution in [-0.4, -0.2) is 44.7 Å². The molecule has 0 saturated carbocycles. The number of ketones is 1. The highest BCUT2D eigenvalue weighted by molar-refractivity contribution is 7.59. The van der Waals surface area contributed by atoms with Gasteiger partial charge in [0, 0.05) is 12.8 Å². The lowest BCUT2D eigenvalue weighted by Crippen LogP contribution is -2.47. The van der Waals surface area contributed by atoms with Crippen molar-refractivity contribution in [3.8, 4) is 0 Å². The maximum Gasteiger partial charge on any atom is 0.164 e. The fraction of sp³-hybridized carbons (Fsp3) is 0.897. The highest BCUT2D eigenvalue weighted by Crippen LogP contribution is 2.35. The van der Waals surface area contributed by atoms with Crippen molar-refractivity contribution in [1.82, 2.24) is 0 Å². The van der Waals surface area contributed by atoms with E-state index in [9.17, 15) is 24.9 Å². The van der Waals surface area contributed by atoms with Crippen molar-refractivity contribution in [2.45, 2.75) is 218 Å². The van der Waals surface area contributed by atoms with Gasteiger partial charge in [-0.15, -0.1) is 0 Å². The smallest absolute Gasteiger partial charge is 0.164 e. The predicted octanol–water partition coefficient (Wildman–Crippen LogP) is 11.1. The van der Waals surface area contributed by atoms with E-state index in [1.54, 1.807) is 0 Å². The Labute approximate surface area is 281 Å². The van der Waals surface area contributed by atoms with Crippen LogP contribution in [0.25, 0.3) is 0 Å². The number of unbranched alkanes of at least 4 members (excludes halogenated alkanes) is 25. The van der Waals surface area contributed by atoms with Crippen molar-refractivity contribution in [3.05, 3.63) is 12.2 Å². The first kappa shape index (κ1) is 44.4. The summed E-state index contributed by atoms with van der Waals surface area (Å²) >= 11 is 0. The minimum absolute atomic E-state index is 0.175. The Hall–Kier alpha value is -0.610. The molecular weight excluding hydrogens is 579 g/mol. The van der Waals surface area contributed by atoms with Gasteiger partial charge in [0.15, 0.2) is 11.3 Å². The average Bonchev–Trinajstić information content (AvgIpc) is 3.04. The van der Waals surface area contributed by atoms with Gasteiger partial charge >= 0.3 is 0 Å². The van der Waals surface area contributed by atoms with Crippen molar-refractivity contribution in [2.75, 3.05) is 6.61 Å². The minimum Gasteiger partial charge on any atom is -0.393 e. The predicted molar refractivity (Wildman–Crippen MR) is 195 cm³/mol. The van der Waals surface area contributed by atoms with E-state index in [4.69, 9.17) is 0 Å². The third-order valence-electron chi connectivity index (χ3n) is 9.05. The molecule has 0 rings (SSSR count). The molecule has 3 unspecified atom stereocenters. The van der Waals surface area contributed by atoms with E-state index < -0.39 is 32.4 Å². The number of rotatable bonds is 36. The molecule has 5 nitrogen and oxygen atoms in total. The highest BCUT2D eigenvalue weighted by atomic mass is 31.1. The van der Waals surface area contributed by atoms with Crippen LogP contribution in [-0.2, 0) is 9.59 Å². The zero-order valence-electron chi connectivity index (χ0n) is 29.8. The summed E-state index contributed by atoms with van der Waals surface area (Å²) in [5, 5.41) is 28.9. The van der Waals surface area contributed by atoms with Gasteiger partial charge in [-0.05, 0) is 47.1 Å². The van der Waals surface area contributed by atoms with Crippen LogP contribution in [0.15, 0.2) is 12.2 Å². The normalized spacial score (nSPS) is 14.1. The number of Topliss-reactive ketones (excluding diaryl/α,β-unsaturated/α-hetero) is 1. The van der Waals surface area contributed by atoms with Gasteiger partial charge in [-0.2, -0.15) is 0 Å². The van der Waals surface area contributed by atoms with Gasteiger partial charge < -0.3 is 15.3 Å². The summed E-state index contributed by atoms with van der Waals surface area (Å²) in [5.41, 5.74) is -0.178. The summed E-state index contributed by atoms with van der Waals surface area (Å²) in [4.78, 5) is 25.0. The molecule has 0 aliphatic heterocycles. The second-order valence-electron chi connectivity index (χ2n) is 13.5. The fourth-order valence-corrected chi connectivity index (χ4v) is 7.09. The summed E-state index contributed by atoms with van der Waals surface area (Å²) in [6.07, 6.45) is 37.4. The average molecular weight is 655 g/mol. The van der Waals surface area contributed by atoms with Crippen molar-refractivity contribution in [2.24, 2.45) is 0 Å². The van der Waals surface area contributed by atoms with Gasteiger partial charge in [-0.3, -0.25) is 9.59 Å². The van der Waals surface area contributed by atoms with Gasteiger partial charge in [0.25, 0.3) is 0 Å². The second kappa shape index (κ2) is 33.3. The quantitative estimate of drug-likeness (QED) is 0.0355.